The fourth-order valence-corrected chi connectivity index (χ4v) is 2.66. The third kappa shape index (κ3) is 3.91. The molecular formula is C14H19N5OS. The number of amides is 1. The molecule has 2 heterocycles. The first-order valence-electron chi connectivity index (χ1n) is 6.76. The number of carbonyl (C=O) groups excluding carboxylic acids is 1. The van der Waals surface area contributed by atoms with Crippen molar-refractivity contribution in [2.24, 2.45) is 0 Å². The molecule has 112 valence electrons. The van der Waals surface area contributed by atoms with Gasteiger partial charge in [0.2, 0.25) is 0 Å². The number of nitrogens with one attached hydrogen (secondary N) is 1. The summed E-state index contributed by atoms with van der Waals surface area (Å²) in [6.07, 6.45) is 4.24. The highest BCUT2D eigenvalue weighted by Crippen LogP contribution is 2.27. The first kappa shape index (κ1) is 15.2. The van der Waals surface area contributed by atoms with E-state index >= 15 is 0 Å². The number of nitrogen functional groups attached to an aromatic ring is 1. The number of rotatable bonds is 6. The minimum atomic E-state index is -0.171. The standard InChI is InChI=1S/C14H19N5OS/c1-3-19(2)14-18-12(15)11(21-14)13(20)17-9-6-10-4-7-16-8-5-10/h4-5,7-8H,3,6,9,15H2,1-2H3,(H,17,20). The predicted molar refractivity (Wildman–Crippen MR) is 85.7 cm³/mol. The number of hydrogen-bond acceptors (Lipinski definition) is 6. The van der Waals surface area contributed by atoms with Gasteiger partial charge in [0.15, 0.2) is 5.13 Å². The van der Waals surface area contributed by atoms with Crippen LogP contribution in [0, 0.1) is 0 Å². The number of nitrogens with zero attached hydrogens (tertiary/aromatic N) is 3. The van der Waals surface area contributed by atoms with Gasteiger partial charge in [-0.2, -0.15) is 0 Å². The molecule has 0 radical (unpaired) electrons. The molecule has 0 aromatic carbocycles. The fraction of sp³-hybridized carbons (Fsp3) is 0.357. The SMILES string of the molecule is CCN(C)c1nc(N)c(C(=O)NCCc2ccncc2)s1. The highest BCUT2D eigenvalue weighted by Gasteiger charge is 2.17. The second-order valence-electron chi connectivity index (χ2n) is 4.59. The number of aromatic nitrogens is 2. The van der Waals surface area contributed by atoms with E-state index in [-0.39, 0.29) is 11.7 Å². The van der Waals surface area contributed by atoms with E-state index in [2.05, 4.69) is 15.3 Å². The van der Waals surface area contributed by atoms with Gasteiger partial charge in [-0.25, -0.2) is 4.98 Å². The third-order valence-electron chi connectivity index (χ3n) is 3.10. The maximum atomic E-state index is 12.1. The van der Waals surface area contributed by atoms with E-state index in [1.165, 1.54) is 11.3 Å². The molecule has 2 aromatic heterocycles. The fourth-order valence-electron chi connectivity index (χ4n) is 1.73. The minimum Gasteiger partial charge on any atom is -0.382 e. The van der Waals surface area contributed by atoms with Gasteiger partial charge in [0, 0.05) is 32.5 Å². The molecule has 0 unspecified atom stereocenters. The second kappa shape index (κ2) is 7.03. The molecule has 2 aromatic rings. The largest absolute Gasteiger partial charge is 0.382 e. The van der Waals surface area contributed by atoms with Crippen LogP contribution in [-0.2, 0) is 6.42 Å². The lowest BCUT2D eigenvalue weighted by Gasteiger charge is -2.10. The van der Waals surface area contributed by atoms with Crippen LogP contribution in [0.4, 0.5) is 10.9 Å². The van der Waals surface area contributed by atoms with Crippen LogP contribution in [0.3, 0.4) is 0 Å². The van der Waals surface area contributed by atoms with Gasteiger partial charge in [0.05, 0.1) is 0 Å². The van der Waals surface area contributed by atoms with E-state index < -0.39 is 0 Å². The molecular weight excluding hydrogens is 286 g/mol. The van der Waals surface area contributed by atoms with Crippen LogP contribution < -0.4 is 16.0 Å². The molecule has 0 aliphatic carbocycles. The molecule has 0 saturated carbocycles. The zero-order valence-corrected chi connectivity index (χ0v) is 13.0. The zero-order chi connectivity index (χ0) is 15.2. The van der Waals surface area contributed by atoms with Crippen molar-refractivity contribution in [2.75, 3.05) is 30.8 Å². The molecule has 6 nitrogen and oxygen atoms in total. The predicted octanol–water partition coefficient (Wildman–Crippen LogP) is 1.55. The summed E-state index contributed by atoms with van der Waals surface area (Å²) in [4.78, 5) is 22.7. The molecule has 1 amide bonds. The topological polar surface area (TPSA) is 84.1 Å². The van der Waals surface area contributed by atoms with Crippen LogP contribution in [0.1, 0.15) is 22.2 Å². The van der Waals surface area contributed by atoms with E-state index in [0.717, 1.165) is 23.7 Å². The highest BCUT2D eigenvalue weighted by atomic mass is 32.1. The van der Waals surface area contributed by atoms with E-state index in [4.69, 9.17) is 5.73 Å². The number of anilines is 2. The highest BCUT2D eigenvalue weighted by molar-refractivity contribution is 7.18. The summed E-state index contributed by atoms with van der Waals surface area (Å²) < 4.78 is 0. The van der Waals surface area contributed by atoms with Crippen molar-refractivity contribution in [3.8, 4) is 0 Å². The van der Waals surface area contributed by atoms with Crippen molar-refractivity contribution in [2.45, 2.75) is 13.3 Å². The Labute approximate surface area is 128 Å². The summed E-state index contributed by atoms with van der Waals surface area (Å²) in [5.74, 6) is 0.117. The molecule has 0 bridgehead atoms. The average Bonchev–Trinajstić information content (AvgIpc) is 2.89. The number of hydrogen-bond donors (Lipinski definition) is 2. The molecule has 7 heteroatoms. The molecule has 0 saturated heterocycles. The lowest BCUT2D eigenvalue weighted by molar-refractivity contribution is 0.0959. The van der Waals surface area contributed by atoms with Crippen molar-refractivity contribution in [3.05, 3.63) is 35.0 Å². The van der Waals surface area contributed by atoms with Crippen LogP contribution in [0.5, 0.6) is 0 Å². The van der Waals surface area contributed by atoms with E-state index in [0.29, 0.717) is 11.4 Å². The lowest BCUT2D eigenvalue weighted by atomic mass is 10.2. The van der Waals surface area contributed by atoms with Crippen molar-refractivity contribution in [1.29, 1.82) is 0 Å². The van der Waals surface area contributed by atoms with Crippen LogP contribution >= 0.6 is 11.3 Å². The van der Waals surface area contributed by atoms with Gasteiger partial charge in [-0.1, -0.05) is 11.3 Å². The molecule has 3 N–H and O–H groups in total. The maximum Gasteiger partial charge on any atom is 0.265 e. The van der Waals surface area contributed by atoms with E-state index in [1.54, 1.807) is 12.4 Å². The molecule has 0 fully saturated rings. The molecule has 0 atom stereocenters. The number of pyridine rings is 1. The number of nitrogens with two attached hydrogens (primary N) is 1. The Kier molecular flexibility index (Phi) is 5.10. The third-order valence-corrected chi connectivity index (χ3v) is 4.28. The summed E-state index contributed by atoms with van der Waals surface area (Å²) in [5, 5.41) is 3.63. The summed E-state index contributed by atoms with van der Waals surface area (Å²) >= 11 is 1.31. The Hall–Kier alpha value is -2.15. The van der Waals surface area contributed by atoms with Crippen LogP contribution in [0.2, 0.25) is 0 Å². The van der Waals surface area contributed by atoms with Crippen molar-refractivity contribution >= 4 is 28.2 Å². The van der Waals surface area contributed by atoms with Crippen molar-refractivity contribution < 1.29 is 4.79 Å². The number of carbonyl (C=O) groups is 1. The normalized spacial score (nSPS) is 10.4. The van der Waals surface area contributed by atoms with Gasteiger partial charge < -0.3 is 16.0 Å². The minimum absolute atomic E-state index is 0.171. The molecule has 0 aliphatic rings. The van der Waals surface area contributed by atoms with Crippen molar-refractivity contribution in [1.82, 2.24) is 15.3 Å². The molecule has 2 rings (SSSR count). The lowest BCUT2D eigenvalue weighted by Crippen LogP contribution is -2.25. The average molecular weight is 305 g/mol. The Bertz CT molecular complexity index is 599. The van der Waals surface area contributed by atoms with Gasteiger partial charge in [0.1, 0.15) is 10.7 Å². The van der Waals surface area contributed by atoms with E-state index in [1.807, 2.05) is 31.0 Å². The Morgan fingerprint density at radius 2 is 2.14 bits per heavy atom. The first-order chi connectivity index (χ1) is 10.1. The van der Waals surface area contributed by atoms with Crippen LogP contribution in [0.15, 0.2) is 24.5 Å². The Morgan fingerprint density at radius 1 is 1.43 bits per heavy atom. The number of thiazole rings is 1. The van der Waals surface area contributed by atoms with Gasteiger partial charge in [0.25, 0.3) is 5.91 Å². The van der Waals surface area contributed by atoms with Crippen LogP contribution in [-0.4, -0.2) is 36.0 Å². The quantitative estimate of drug-likeness (QED) is 0.846. The van der Waals surface area contributed by atoms with Crippen LogP contribution in [0.25, 0.3) is 0 Å². The van der Waals surface area contributed by atoms with Gasteiger partial charge in [-0.05, 0) is 31.0 Å². The van der Waals surface area contributed by atoms with Gasteiger partial charge in [-0.3, -0.25) is 9.78 Å². The van der Waals surface area contributed by atoms with E-state index in [9.17, 15) is 4.79 Å². The monoisotopic (exact) mass is 305 g/mol. The van der Waals surface area contributed by atoms with Gasteiger partial charge in [-0.15, -0.1) is 0 Å². The Morgan fingerprint density at radius 3 is 2.81 bits per heavy atom. The second-order valence-corrected chi connectivity index (χ2v) is 5.56. The molecule has 0 spiro atoms. The van der Waals surface area contributed by atoms with Crippen molar-refractivity contribution in [3.63, 3.8) is 0 Å². The summed E-state index contributed by atoms with van der Waals surface area (Å²) in [6, 6.07) is 3.86. The summed E-state index contributed by atoms with van der Waals surface area (Å²) in [5.41, 5.74) is 6.95. The molecule has 0 aliphatic heterocycles. The van der Waals surface area contributed by atoms with Gasteiger partial charge >= 0.3 is 0 Å². The zero-order valence-electron chi connectivity index (χ0n) is 12.2. The summed E-state index contributed by atoms with van der Waals surface area (Å²) in [6.45, 7) is 3.39. The molecule has 21 heavy (non-hydrogen) atoms. The summed E-state index contributed by atoms with van der Waals surface area (Å²) in [7, 11) is 1.92. The Balaban J connectivity index is 1.93. The first-order valence-corrected chi connectivity index (χ1v) is 7.58. The smallest absolute Gasteiger partial charge is 0.265 e. The maximum absolute atomic E-state index is 12.1.